The van der Waals surface area contributed by atoms with Crippen molar-refractivity contribution in [1.82, 2.24) is 10.3 Å². The van der Waals surface area contributed by atoms with Gasteiger partial charge >= 0.3 is 0 Å². The van der Waals surface area contributed by atoms with E-state index in [-0.39, 0.29) is 5.91 Å². The largest absolute Gasteiger partial charge is 0.496 e. The Balaban J connectivity index is 1.60. The standard InChI is InChI=1S/C19H25N3O2S/c1-13(14-7-9-20-10-8-14)11-18(23)22-19-21-16(12-25-19)15-5-3-4-6-17(15)24-2/h3-6,12-14,20H,7-11H2,1-2H3,(H,21,22,23). The van der Waals surface area contributed by atoms with Gasteiger partial charge in [-0.1, -0.05) is 19.1 Å². The number of methoxy groups -OCH3 is 1. The number of para-hydroxylation sites is 1. The topological polar surface area (TPSA) is 63.2 Å². The van der Waals surface area contributed by atoms with Crippen molar-refractivity contribution in [1.29, 1.82) is 0 Å². The number of nitrogens with zero attached hydrogens (tertiary/aromatic N) is 1. The summed E-state index contributed by atoms with van der Waals surface area (Å²) in [6.07, 6.45) is 2.86. The summed E-state index contributed by atoms with van der Waals surface area (Å²) in [4.78, 5) is 16.9. The summed E-state index contributed by atoms with van der Waals surface area (Å²) >= 11 is 1.45. The third-order valence-electron chi connectivity index (χ3n) is 4.83. The zero-order valence-electron chi connectivity index (χ0n) is 14.7. The van der Waals surface area contributed by atoms with E-state index in [1.165, 1.54) is 11.3 Å². The highest BCUT2D eigenvalue weighted by molar-refractivity contribution is 7.14. The highest BCUT2D eigenvalue weighted by Crippen LogP contribution is 2.32. The molecule has 0 saturated carbocycles. The second-order valence-electron chi connectivity index (χ2n) is 6.56. The quantitative estimate of drug-likeness (QED) is 0.824. The molecule has 1 aromatic heterocycles. The number of piperidine rings is 1. The molecule has 0 radical (unpaired) electrons. The minimum atomic E-state index is 0.0481. The minimum Gasteiger partial charge on any atom is -0.496 e. The Morgan fingerprint density at radius 3 is 2.92 bits per heavy atom. The lowest BCUT2D eigenvalue weighted by Gasteiger charge is -2.27. The molecule has 1 saturated heterocycles. The molecule has 0 bridgehead atoms. The molecule has 1 aliphatic rings. The van der Waals surface area contributed by atoms with Crippen LogP contribution in [0, 0.1) is 11.8 Å². The minimum absolute atomic E-state index is 0.0481. The molecular formula is C19H25N3O2S. The molecule has 6 heteroatoms. The van der Waals surface area contributed by atoms with E-state index in [2.05, 4.69) is 22.5 Å². The number of carbonyl (C=O) groups is 1. The van der Waals surface area contributed by atoms with Crippen LogP contribution in [0.2, 0.25) is 0 Å². The van der Waals surface area contributed by atoms with Crippen molar-refractivity contribution in [3.8, 4) is 17.0 Å². The SMILES string of the molecule is COc1ccccc1-c1csc(NC(=O)CC(C)C2CCNCC2)n1. The van der Waals surface area contributed by atoms with Crippen LogP contribution in [0.25, 0.3) is 11.3 Å². The normalized spacial score (nSPS) is 16.4. The van der Waals surface area contributed by atoms with Gasteiger partial charge in [0.15, 0.2) is 5.13 Å². The number of rotatable bonds is 6. The fraction of sp³-hybridized carbons (Fsp3) is 0.474. The molecule has 1 fully saturated rings. The molecule has 1 amide bonds. The van der Waals surface area contributed by atoms with Gasteiger partial charge in [0.05, 0.1) is 12.8 Å². The Morgan fingerprint density at radius 2 is 2.16 bits per heavy atom. The Labute approximate surface area is 152 Å². The first-order valence-electron chi connectivity index (χ1n) is 8.77. The number of amides is 1. The van der Waals surface area contributed by atoms with Crippen molar-refractivity contribution in [2.75, 3.05) is 25.5 Å². The van der Waals surface area contributed by atoms with Crippen molar-refractivity contribution in [3.63, 3.8) is 0 Å². The summed E-state index contributed by atoms with van der Waals surface area (Å²) in [7, 11) is 1.65. The van der Waals surface area contributed by atoms with Crippen LogP contribution in [0.4, 0.5) is 5.13 Å². The number of aromatic nitrogens is 1. The van der Waals surface area contributed by atoms with Gasteiger partial charge in [-0.2, -0.15) is 0 Å². The highest BCUT2D eigenvalue weighted by Gasteiger charge is 2.22. The number of anilines is 1. The van der Waals surface area contributed by atoms with Crippen LogP contribution in [-0.4, -0.2) is 31.1 Å². The van der Waals surface area contributed by atoms with Crippen LogP contribution in [0.15, 0.2) is 29.6 Å². The predicted octanol–water partition coefficient (Wildman–Crippen LogP) is 3.78. The average Bonchev–Trinajstić information content (AvgIpc) is 3.10. The second-order valence-corrected chi connectivity index (χ2v) is 7.41. The van der Waals surface area contributed by atoms with E-state index in [0.29, 0.717) is 23.4 Å². The van der Waals surface area contributed by atoms with Crippen LogP contribution >= 0.6 is 11.3 Å². The molecule has 134 valence electrons. The van der Waals surface area contributed by atoms with Gasteiger partial charge in [-0.3, -0.25) is 4.79 Å². The number of nitrogens with one attached hydrogen (secondary N) is 2. The fourth-order valence-electron chi connectivity index (χ4n) is 3.35. The maximum absolute atomic E-state index is 12.3. The second kappa shape index (κ2) is 8.45. The van der Waals surface area contributed by atoms with E-state index in [9.17, 15) is 4.79 Å². The number of hydrogen-bond acceptors (Lipinski definition) is 5. The summed E-state index contributed by atoms with van der Waals surface area (Å²) < 4.78 is 5.38. The number of hydrogen-bond donors (Lipinski definition) is 2. The van der Waals surface area contributed by atoms with Gasteiger partial charge in [0, 0.05) is 17.4 Å². The summed E-state index contributed by atoms with van der Waals surface area (Å²) in [5.41, 5.74) is 1.76. The first-order valence-corrected chi connectivity index (χ1v) is 9.65. The Kier molecular flexibility index (Phi) is 6.04. The molecule has 5 nitrogen and oxygen atoms in total. The van der Waals surface area contributed by atoms with Gasteiger partial charge in [0.2, 0.25) is 5.91 Å². The molecule has 0 aliphatic carbocycles. The number of carbonyl (C=O) groups excluding carboxylic acids is 1. The Hall–Kier alpha value is -1.92. The third kappa shape index (κ3) is 4.58. The van der Waals surface area contributed by atoms with E-state index < -0.39 is 0 Å². The molecule has 2 heterocycles. The molecule has 1 aromatic carbocycles. The van der Waals surface area contributed by atoms with E-state index in [1.54, 1.807) is 7.11 Å². The predicted molar refractivity (Wildman–Crippen MR) is 102 cm³/mol. The number of ether oxygens (including phenoxy) is 1. The first kappa shape index (κ1) is 17.9. The molecule has 2 N–H and O–H groups in total. The fourth-order valence-corrected chi connectivity index (χ4v) is 4.08. The van der Waals surface area contributed by atoms with Crippen LogP contribution in [0.5, 0.6) is 5.75 Å². The van der Waals surface area contributed by atoms with E-state index >= 15 is 0 Å². The molecule has 1 unspecified atom stereocenters. The molecular weight excluding hydrogens is 334 g/mol. The van der Waals surface area contributed by atoms with Gasteiger partial charge < -0.3 is 15.4 Å². The van der Waals surface area contributed by atoms with Crippen LogP contribution in [-0.2, 0) is 4.79 Å². The van der Waals surface area contributed by atoms with E-state index in [0.717, 1.165) is 42.9 Å². The maximum Gasteiger partial charge on any atom is 0.226 e. The van der Waals surface area contributed by atoms with Crippen molar-refractivity contribution >= 4 is 22.4 Å². The van der Waals surface area contributed by atoms with Crippen LogP contribution < -0.4 is 15.4 Å². The maximum atomic E-state index is 12.3. The molecule has 3 rings (SSSR count). The third-order valence-corrected chi connectivity index (χ3v) is 5.59. The van der Waals surface area contributed by atoms with Gasteiger partial charge in [-0.05, 0) is 49.9 Å². The Morgan fingerprint density at radius 1 is 1.40 bits per heavy atom. The van der Waals surface area contributed by atoms with Gasteiger partial charge in [0.1, 0.15) is 5.75 Å². The van der Waals surface area contributed by atoms with Crippen molar-refractivity contribution in [3.05, 3.63) is 29.6 Å². The molecule has 1 atom stereocenters. The first-order chi connectivity index (χ1) is 12.2. The summed E-state index contributed by atoms with van der Waals surface area (Å²) in [6.45, 7) is 4.30. The number of thiazole rings is 1. The zero-order chi connectivity index (χ0) is 17.6. The van der Waals surface area contributed by atoms with E-state index in [4.69, 9.17) is 4.74 Å². The number of benzene rings is 1. The lowest BCUT2D eigenvalue weighted by Crippen LogP contribution is -2.32. The zero-order valence-corrected chi connectivity index (χ0v) is 15.6. The van der Waals surface area contributed by atoms with E-state index in [1.807, 2.05) is 29.6 Å². The van der Waals surface area contributed by atoms with Crippen molar-refractivity contribution in [2.24, 2.45) is 11.8 Å². The van der Waals surface area contributed by atoms with Crippen LogP contribution in [0.3, 0.4) is 0 Å². The average molecular weight is 359 g/mol. The lowest BCUT2D eigenvalue weighted by molar-refractivity contribution is -0.117. The Bertz CT molecular complexity index is 710. The summed E-state index contributed by atoms with van der Waals surface area (Å²) in [6, 6.07) is 7.77. The smallest absolute Gasteiger partial charge is 0.226 e. The molecule has 2 aromatic rings. The summed E-state index contributed by atoms with van der Waals surface area (Å²) in [5.74, 6) is 1.86. The van der Waals surface area contributed by atoms with Crippen molar-refractivity contribution < 1.29 is 9.53 Å². The van der Waals surface area contributed by atoms with Gasteiger partial charge in [0.25, 0.3) is 0 Å². The van der Waals surface area contributed by atoms with Crippen LogP contribution in [0.1, 0.15) is 26.2 Å². The highest BCUT2D eigenvalue weighted by atomic mass is 32.1. The van der Waals surface area contributed by atoms with Crippen molar-refractivity contribution in [2.45, 2.75) is 26.2 Å². The van der Waals surface area contributed by atoms with Gasteiger partial charge in [-0.25, -0.2) is 4.98 Å². The monoisotopic (exact) mass is 359 g/mol. The molecule has 0 spiro atoms. The molecule has 1 aliphatic heterocycles. The lowest BCUT2D eigenvalue weighted by atomic mass is 9.84. The molecule has 25 heavy (non-hydrogen) atoms. The summed E-state index contributed by atoms with van der Waals surface area (Å²) in [5, 5.41) is 8.91. The van der Waals surface area contributed by atoms with Gasteiger partial charge in [-0.15, -0.1) is 11.3 Å².